The number of nitrogens with zero attached hydrogens (tertiary/aromatic N) is 1. The van der Waals surface area contributed by atoms with Crippen LogP contribution in [0.1, 0.15) is 40.0 Å². The van der Waals surface area contributed by atoms with Gasteiger partial charge < -0.3 is 4.90 Å². The molecular formula is C13H26FN. The largest absolute Gasteiger partial charge is 0.303 e. The summed E-state index contributed by atoms with van der Waals surface area (Å²) in [5.74, 6) is 2.49. The molecule has 1 aliphatic rings. The quantitative estimate of drug-likeness (QED) is 0.695. The molecule has 1 rings (SSSR count). The molecule has 1 heterocycles. The van der Waals surface area contributed by atoms with E-state index in [-0.39, 0.29) is 6.67 Å². The smallest absolute Gasteiger partial charge is 0.0906 e. The van der Waals surface area contributed by atoms with Gasteiger partial charge in [-0.15, -0.1) is 0 Å². The first-order valence-corrected chi connectivity index (χ1v) is 6.43. The van der Waals surface area contributed by atoms with E-state index in [1.807, 2.05) is 0 Å². The molecule has 1 fully saturated rings. The zero-order valence-corrected chi connectivity index (χ0v) is 10.5. The number of rotatable bonds is 4. The summed E-state index contributed by atoms with van der Waals surface area (Å²) in [5, 5.41) is 0. The molecule has 0 aromatic carbocycles. The van der Waals surface area contributed by atoms with Gasteiger partial charge >= 0.3 is 0 Å². The highest BCUT2D eigenvalue weighted by Crippen LogP contribution is 2.29. The number of hydrogen-bond acceptors (Lipinski definition) is 1. The van der Waals surface area contributed by atoms with Crippen LogP contribution in [0.2, 0.25) is 0 Å². The van der Waals surface area contributed by atoms with Crippen molar-refractivity contribution in [2.75, 3.05) is 26.3 Å². The molecule has 0 N–H and O–H groups in total. The Balaban J connectivity index is 2.39. The van der Waals surface area contributed by atoms with Crippen LogP contribution in [0.3, 0.4) is 0 Å². The minimum absolute atomic E-state index is 0.167. The van der Waals surface area contributed by atoms with Crippen LogP contribution in [-0.4, -0.2) is 31.2 Å². The Morgan fingerprint density at radius 1 is 1.27 bits per heavy atom. The van der Waals surface area contributed by atoms with Gasteiger partial charge in [-0.3, -0.25) is 4.39 Å². The van der Waals surface area contributed by atoms with Crippen molar-refractivity contribution in [3.05, 3.63) is 0 Å². The molecule has 0 aliphatic carbocycles. The normalized spacial score (nSPS) is 29.4. The topological polar surface area (TPSA) is 3.24 Å². The first kappa shape index (κ1) is 13.0. The summed E-state index contributed by atoms with van der Waals surface area (Å²) in [4.78, 5) is 2.44. The van der Waals surface area contributed by atoms with Crippen molar-refractivity contribution in [3.63, 3.8) is 0 Å². The van der Waals surface area contributed by atoms with Gasteiger partial charge in [0.1, 0.15) is 0 Å². The maximum absolute atomic E-state index is 12.1. The lowest BCUT2D eigenvalue weighted by atomic mass is 9.81. The van der Waals surface area contributed by atoms with E-state index in [0.29, 0.717) is 6.42 Å². The molecule has 1 nitrogen and oxygen atoms in total. The SMILES string of the molecule is CC(C)C1CCN(CCCF)CCC1C. The maximum Gasteiger partial charge on any atom is 0.0906 e. The van der Waals surface area contributed by atoms with Gasteiger partial charge in [-0.1, -0.05) is 20.8 Å². The minimum atomic E-state index is -0.167. The molecular weight excluding hydrogens is 189 g/mol. The fraction of sp³-hybridized carbons (Fsp3) is 1.00. The molecule has 0 saturated carbocycles. The predicted octanol–water partition coefficient (Wildman–Crippen LogP) is 3.35. The maximum atomic E-state index is 12.1. The average Bonchev–Trinajstić information content (AvgIpc) is 2.37. The van der Waals surface area contributed by atoms with Crippen LogP contribution in [0, 0.1) is 17.8 Å². The summed E-state index contributed by atoms with van der Waals surface area (Å²) >= 11 is 0. The molecule has 0 bridgehead atoms. The van der Waals surface area contributed by atoms with E-state index in [4.69, 9.17) is 0 Å². The zero-order chi connectivity index (χ0) is 11.3. The second kappa shape index (κ2) is 6.47. The summed E-state index contributed by atoms with van der Waals surface area (Å²) < 4.78 is 12.1. The van der Waals surface area contributed by atoms with Gasteiger partial charge in [-0.2, -0.15) is 0 Å². The second-order valence-electron chi connectivity index (χ2n) is 5.35. The monoisotopic (exact) mass is 215 g/mol. The number of likely N-dealkylation sites (tertiary alicyclic amines) is 1. The summed E-state index contributed by atoms with van der Waals surface area (Å²) in [6.07, 6.45) is 3.29. The molecule has 0 radical (unpaired) electrons. The molecule has 90 valence electrons. The highest BCUT2D eigenvalue weighted by atomic mass is 19.1. The summed E-state index contributed by atoms with van der Waals surface area (Å²) in [6.45, 7) is 10.2. The summed E-state index contributed by atoms with van der Waals surface area (Å²) in [6, 6.07) is 0. The molecule has 0 spiro atoms. The Morgan fingerprint density at radius 3 is 2.53 bits per heavy atom. The van der Waals surface area contributed by atoms with Gasteiger partial charge in [0.25, 0.3) is 0 Å². The lowest BCUT2D eigenvalue weighted by molar-refractivity contribution is 0.251. The van der Waals surface area contributed by atoms with Crippen LogP contribution in [0.15, 0.2) is 0 Å². The fourth-order valence-corrected chi connectivity index (χ4v) is 2.83. The summed E-state index contributed by atoms with van der Waals surface area (Å²) in [7, 11) is 0. The van der Waals surface area contributed by atoms with Crippen LogP contribution in [0.5, 0.6) is 0 Å². The highest BCUT2D eigenvalue weighted by molar-refractivity contribution is 4.76. The van der Waals surface area contributed by atoms with Crippen molar-refractivity contribution in [2.45, 2.75) is 40.0 Å². The first-order chi connectivity index (χ1) is 7.15. The third-order valence-electron chi connectivity index (χ3n) is 3.87. The number of halogens is 1. The Labute approximate surface area is 94.0 Å². The van der Waals surface area contributed by atoms with E-state index in [1.54, 1.807) is 0 Å². The molecule has 2 atom stereocenters. The van der Waals surface area contributed by atoms with Crippen LogP contribution in [0.25, 0.3) is 0 Å². The Hall–Kier alpha value is -0.110. The highest BCUT2D eigenvalue weighted by Gasteiger charge is 2.25. The third-order valence-corrected chi connectivity index (χ3v) is 3.87. The molecule has 15 heavy (non-hydrogen) atoms. The van der Waals surface area contributed by atoms with Gasteiger partial charge in [0.15, 0.2) is 0 Å². The lowest BCUT2D eigenvalue weighted by Gasteiger charge is -2.24. The van der Waals surface area contributed by atoms with Gasteiger partial charge in [0.05, 0.1) is 6.67 Å². The van der Waals surface area contributed by atoms with E-state index in [2.05, 4.69) is 25.7 Å². The Kier molecular flexibility index (Phi) is 5.59. The second-order valence-corrected chi connectivity index (χ2v) is 5.35. The van der Waals surface area contributed by atoms with Crippen LogP contribution in [-0.2, 0) is 0 Å². The van der Waals surface area contributed by atoms with Crippen LogP contribution >= 0.6 is 0 Å². The fourth-order valence-electron chi connectivity index (χ4n) is 2.83. The molecule has 2 heteroatoms. The van der Waals surface area contributed by atoms with Crippen molar-refractivity contribution in [1.29, 1.82) is 0 Å². The van der Waals surface area contributed by atoms with Crippen molar-refractivity contribution in [1.82, 2.24) is 4.90 Å². The molecule has 0 amide bonds. The van der Waals surface area contributed by atoms with E-state index in [1.165, 1.54) is 25.9 Å². The summed E-state index contributed by atoms with van der Waals surface area (Å²) in [5.41, 5.74) is 0. The van der Waals surface area contributed by atoms with Crippen molar-refractivity contribution >= 4 is 0 Å². The van der Waals surface area contributed by atoms with Crippen LogP contribution < -0.4 is 0 Å². The Bertz CT molecular complexity index is 170. The van der Waals surface area contributed by atoms with Gasteiger partial charge in [-0.25, -0.2) is 0 Å². The van der Waals surface area contributed by atoms with Gasteiger partial charge in [-0.05, 0) is 50.1 Å². The van der Waals surface area contributed by atoms with E-state index >= 15 is 0 Å². The van der Waals surface area contributed by atoms with Crippen molar-refractivity contribution in [2.24, 2.45) is 17.8 Å². The van der Waals surface area contributed by atoms with E-state index < -0.39 is 0 Å². The van der Waals surface area contributed by atoms with E-state index in [0.717, 1.165) is 24.3 Å². The average molecular weight is 215 g/mol. The third kappa shape index (κ3) is 4.10. The molecule has 0 aromatic rings. The van der Waals surface area contributed by atoms with Crippen molar-refractivity contribution in [3.8, 4) is 0 Å². The van der Waals surface area contributed by atoms with Crippen LogP contribution in [0.4, 0.5) is 4.39 Å². The Morgan fingerprint density at radius 2 is 1.93 bits per heavy atom. The van der Waals surface area contributed by atoms with E-state index in [9.17, 15) is 4.39 Å². The molecule has 1 saturated heterocycles. The molecule has 2 unspecified atom stereocenters. The molecule has 0 aromatic heterocycles. The van der Waals surface area contributed by atoms with Crippen molar-refractivity contribution < 1.29 is 4.39 Å². The number of hydrogen-bond donors (Lipinski definition) is 0. The zero-order valence-electron chi connectivity index (χ0n) is 10.5. The first-order valence-electron chi connectivity index (χ1n) is 6.43. The standard InChI is InChI=1S/C13H26FN/c1-11(2)13-6-10-15(8-4-7-14)9-5-12(13)3/h11-13H,4-10H2,1-3H3. The molecule has 1 aliphatic heterocycles. The lowest BCUT2D eigenvalue weighted by Crippen LogP contribution is -2.26. The predicted molar refractivity (Wildman–Crippen MR) is 63.8 cm³/mol. The van der Waals surface area contributed by atoms with Gasteiger partial charge in [0.2, 0.25) is 0 Å². The minimum Gasteiger partial charge on any atom is -0.303 e. The number of alkyl halides is 1. The van der Waals surface area contributed by atoms with Gasteiger partial charge in [0, 0.05) is 6.54 Å².